The van der Waals surface area contributed by atoms with Gasteiger partial charge in [0.05, 0.1) is 19.3 Å². The van der Waals surface area contributed by atoms with Crippen LogP contribution in [0.5, 0.6) is 5.75 Å². The number of carbonyl (C=O) groups excluding carboxylic acids is 1. The van der Waals surface area contributed by atoms with Gasteiger partial charge in [-0.05, 0) is 29.2 Å². The standard InChI is InChI=1S/C20H27N3O2.2ClH/c1-14(2)15-8-10-16(11-9-15)17(21)12-23-20(24)13-22-18-6-4-5-7-19(18)25-3;;/h4-11,14,17,22H,12-13,21H2,1-3H3,(H,23,24);2*1H. The number of ether oxygens (including phenoxy) is 1. The van der Waals surface area contributed by atoms with Crippen molar-refractivity contribution in [3.05, 3.63) is 59.7 Å². The van der Waals surface area contributed by atoms with E-state index in [1.54, 1.807) is 7.11 Å². The number of halogens is 2. The Balaban J connectivity index is 0.00000338. The summed E-state index contributed by atoms with van der Waals surface area (Å²) >= 11 is 0. The van der Waals surface area contributed by atoms with Crippen LogP contribution in [0.2, 0.25) is 0 Å². The Morgan fingerprint density at radius 2 is 1.63 bits per heavy atom. The van der Waals surface area contributed by atoms with Gasteiger partial charge in [0.25, 0.3) is 0 Å². The number of nitrogens with one attached hydrogen (secondary N) is 2. The van der Waals surface area contributed by atoms with Crippen molar-refractivity contribution in [1.29, 1.82) is 0 Å². The van der Waals surface area contributed by atoms with E-state index in [0.717, 1.165) is 11.3 Å². The largest absolute Gasteiger partial charge is 0.495 e. The van der Waals surface area contributed by atoms with Crippen LogP contribution in [-0.2, 0) is 4.79 Å². The number of benzene rings is 2. The predicted octanol–water partition coefficient (Wildman–Crippen LogP) is 3.89. The molecule has 2 aromatic carbocycles. The highest BCUT2D eigenvalue weighted by Gasteiger charge is 2.10. The Morgan fingerprint density at radius 1 is 1.04 bits per heavy atom. The second kappa shape index (κ2) is 12.4. The van der Waals surface area contributed by atoms with E-state index >= 15 is 0 Å². The summed E-state index contributed by atoms with van der Waals surface area (Å²) in [6.07, 6.45) is 0. The van der Waals surface area contributed by atoms with E-state index < -0.39 is 0 Å². The second-order valence-corrected chi connectivity index (χ2v) is 6.29. The molecule has 0 aliphatic carbocycles. The van der Waals surface area contributed by atoms with E-state index in [9.17, 15) is 4.79 Å². The summed E-state index contributed by atoms with van der Waals surface area (Å²) in [7, 11) is 1.60. The van der Waals surface area contributed by atoms with Gasteiger partial charge in [-0.15, -0.1) is 24.8 Å². The molecule has 0 spiro atoms. The van der Waals surface area contributed by atoms with Gasteiger partial charge in [0.15, 0.2) is 0 Å². The van der Waals surface area contributed by atoms with Crippen LogP contribution in [-0.4, -0.2) is 26.1 Å². The summed E-state index contributed by atoms with van der Waals surface area (Å²) in [5.74, 6) is 1.09. The molecule has 27 heavy (non-hydrogen) atoms. The first-order valence-corrected chi connectivity index (χ1v) is 8.50. The average Bonchev–Trinajstić information content (AvgIpc) is 2.64. The quantitative estimate of drug-likeness (QED) is 0.613. The van der Waals surface area contributed by atoms with Crippen molar-refractivity contribution in [2.45, 2.75) is 25.8 Å². The molecule has 0 saturated carbocycles. The lowest BCUT2D eigenvalue weighted by molar-refractivity contribution is -0.119. The molecular weight excluding hydrogens is 385 g/mol. The van der Waals surface area contributed by atoms with Gasteiger partial charge in [0.1, 0.15) is 5.75 Å². The van der Waals surface area contributed by atoms with Gasteiger partial charge in [-0.2, -0.15) is 0 Å². The Bertz CT molecular complexity index is 694. The minimum absolute atomic E-state index is 0. The van der Waals surface area contributed by atoms with Crippen molar-refractivity contribution in [3.63, 3.8) is 0 Å². The lowest BCUT2D eigenvalue weighted by Crippen LogP contribution is -2.35. The van der Waals surface area contributed by atoms with E-state index in [-0.39, 0.29) is 43.3 Å². The molecule has 0 heterocycles. The van der Waals surface area contributed by atoms with Crippen molar-refractivity contribution in [1.82, 2.24) is 5.32 Å². The van der Waals surface area contributed by atoms with Crippen LogP contribution in [0.3, 0.4) is 0 Å². The lowest BCUT2D eigenvalue weighted by Gasteiger charge is -2.15. The SMILES string of the molecule is COc1ccccc1NCC(=O)NCC(N)c1ccc(C(C)C)cc1.Cl.Cl. The van der Waals surface area contributed by atoms with Crippen LogP contribution in [0.1, 0.15) is 36.9 Å². The third kappa shape index (κ3) is 7.67. The Morgan fingerprint density at radius 3 is 2.22 bits per heavy atom. The number of rotatable bonds is 8. The molecule has 1 atom stereocenters. The lowest BCUT2D eigenvalue weighted by atomic mass is 9.99. The van der Waals surface area contributed by atoms with E-state index in [1.807, 2.05) is 36.4 Å². The van der Waals surface area contributed by atoms with E-state index in [2.05, 4.69) is 36.6 Å². The Hall–Kier alpha value is -1.95. The molecule has 5 nitrogen and oxygen atoms in total. The van der Waals surface area contributed by atoms with E-state index in [4.69, 9.17) is 10.5 Å². The van der Waals surface area contributed by atoms with Crippen molar-refractivity contribution < 1.29 is 9.53 Å². The van der Waals surface area contributed by atoms with Crippen molar-refractivity contribution in [2.75, 3.05) is 25.5 Å². The molecule has 0 saturated heterocycles. The average molecular weight is 414 g/mol. The second-order valence-electron chi connectivity index (χ2n) is 6.29. The van der Waals surface area contributed by atoms with Gasteiger partial charge in [-0.1, -0.05) is 50.2 Å². The van der Waals surface area contributed by atoms with Gasteiger partial charge in [0.2, 0.25) is 5.91 Å². The Kier molecular flexibility index (Phi) is 11.5. The van der Waals surface area contributed by atoms with Gasteiger partial charge in [0, 0.05) is 12.6 Å². The molecule has 7 heteroatoms. The van der Waals surface area contributed by atoms with Crippen molar-refractivity contribution in [3.8, 4) is 5.75 Å². The number of amides is 1. The molecule has 1 unspecified atom stereocenters. The van der Waals surface area contributed by atoms with Gasteiger partial charge < -0.3 is 21.1 Å². The van der Waals surface area contributed by atoms with Crippen molar-refractivity contribution >= 4 is 36.4 Å². The highest BCUT2D eigenvalue weighted by molar-refractivity contribution is 5.85. The summed E-state index contributed by atoms with van der Waals surface area (Å²) in [6.45, 7) is 4.88. The Labute approximate surface area is 173 Å². The minimum Gasteiger partial charge on any atom is -0.495 e. The van der Waals surface area contributed by atoms with Crippen LogP contribution in [0.25, 0.3) is 0 Å². The fourth-order valence-corrected chi connectivity index (χ4v) is 2.50. The zero-order chi connectivity index (χ0) is 18.2. The summed E-state index contributed by atoms with van der Waals surface area (Å²) < 4.78 is 5.25. The number of anilines is 1. The van der Waals surface area contributed by atoms with Gasteiger partial charge >= 0.3 is 0 Å². The number of carbonyl (C=O) groups is 1. The smallest absolute Gasteiger partial charge is 0.239 e. The molecule has 150 valence electrons. The summed E-state index contributed by atoms with van der Waals surface area (Å²) in [5, 5.41) is 5.93. The van der Waals surface area contributed by atoms with Crippen LogP contribution in [0.15, 0.2) is 48.5 Å². The van der Waals surface area contributed by atoms with Crippen LogP contribution in [0, 0.1) is 0 Å². The molecular formula is C20H29Cl2N3O2. The fraction of sp³-hybridized carbons (Fsp3) is 0.350. The highest BCUT2D eigenvalue weighted by Crippen LogP contribution is 2.22. The molecule has 1 amide bonds. The zero-order valence-corrected chi connectivity index (χ0v) is 17.5. The monoisotopic (exact) mass is 413 g/mol. The first-order chi connectivity index (χ1) is 12.0. The van der Waals surface area contributed by atoms with Crippen LogP contribution in [0.4, 0.5) is 5.69 Å². The molecule has 0 aliphatic rings. The third-order valence-corrected chi connectivity index (χ3v) is 4.10. The number of methoxy groups -OCH3 is 1. The molecule has 2 aromatic rings. The van der Waals surface area contributed by atoms with Crippen LogP contribution < -0.4 is 21.1 Å². The van der Waals surface area contributed by atoms with E-state index in [1.165, 1.54) is 5.56 Å². The van der Waals surface area contributed by atoms with Gasteiger partial charge in [-0.25, -0.2) is 0 Å². The molecule has 4 N–H and O–H groups in total. The molecule has 0 aromatic heterocycles. The molecule has 2 rings (SSSR count). The molecule has 0 aliphatic heterocycles. The van der Waals surface area contributed by atoms with Crippen LogP contribution >= 0.6 is 24.8 Å². The zero-order valence-electron chi connectivity index (χ0n) is 15.9. The first kappa shape index (κ1) is 25.1. The summed E-state index contributed by atoms with van der Waals surface area (Å²) in [4.78, 5) is 12.0. The molecule has 0 fully saturated rings. The molecule has 0 bridgehead atoms. The number of nitrogens with two attached hydrogens (primary N) is 1. The number of hydrogen-bond acceptors (Lipinski definition) is 4. The highest BCUT2D eigenvalue weighted by atomic mass is 35.5. The first-order valence-electron chi connectivity index (χ1n) is 8.50. The third-order valence-electron chi connectivity index (χ3n) is 4.10. The number of para-hydroxylation sites is 2. The van der Waals surface area contributed by atoms with E-state index in [0.29, 0.717) is 18.2 Å². The minimum atomic E-state index is -0.226. The maximum atomic E-state index is 12.0. The normalized spacial score (nSPS) is 11.0. The van der Waals surface area contributed by atoms with Crippen molar-refractivity contribution in [2.24, 2.45) is 5.73 Å². The summed E-state index contributed by atoms with van der Waals surface area (Å²) in [5.41, 5.74) is 9.25. The van der Waals surface area contributed by atoms with Gasteiger partial charge in [-0.3, -0.25) is 4.79 Å². The maximum absolute atomic E-state index is 12.0. The topological polar surface area (TPSA) is 76.4 Å². The fourth-order valence-electron chi connectivity index (χ4n) is 2.50. The summed E-state index contributed by atoms with van der Waals surface area (Å²) in [6, 6.07) is 15.5. The predicted molar refractivity (Wildman–Crippen MR) is 116 cm³/mol. The molecule has 0 radical (unpaired) electrons. The number of hydrogen-bond donors (Lipinski definition) is 3. The maximum Gasteiger partial charge on any atom is 0.239 e.